The quantitative estimate of drug-likeness (QED) is 0.698. The van der Waals surface area contributed by atoms with Crippen molar-refractivity contribution in [2.75, 3.05) is 24.5 Å². The monoisotopic (exact) mass is 411 g/mol. The molecule has 0 unspecified atom stereocenters. The minimum absolute atomic E-state index is 0.0201. The van der Waals surface area contributed by atoms with Crippen LogP contribution in [-0.4, -0.2) is 40.1 Å². The molecule has 2 aromatic heterocycles. The van der Waals surface area contributed by atoms with Crippen molar-refractivity contribution < 1.29 is 4.79 Å². The van der Waals surface area contributed by atoms with Crippen molar-refractivity contribution in [1.82, 2.24) is 19.9 Å². The zero-order valence-corrected chi connectivity index (χ0v) is 17.5. The number of hydrogen-bond acceptors (Lipinski definition) is 6. The number of nitrogens with zero attached hydrogens (tertiary/aromatic N) is 4. The molecule has 3 heterocycles. The number of hydrogen-bond donors (Lipinski definition) is 1. The molecule has 0 spiro atoms. The standard InChI is InChI=1S/C21H25N5O2S/c1-14(16-6-4-3-5-7-16)13-22-19(28)17-8-10-25(11-9-17)21-24-26-18(27)12-15(2)23-20(26)29-21/h3-7,12,14,17H,8-11,13H2,1-2H3,(H,22,28)/t14-/m0/s1. The Kier molecular flexibility index (Phi) is 5.62. The highest BCUT2D eigenvalue weighted by atomic mass is 32.1. The van der Waals surface area contributed by atoms with Crippen molar-refractivity contribution in [1.29, 1.82) is 0 Å². The van der Waals surface area contributed by atoms with Gasteiger partial charge in [0.1, 0.15) is 0 Å². The van der Waals surface area contributed by atoms with Gasteiger partial charge in [-0.2, -0.15) is 4.52 Å². The van der Waals surface area contributed by atoms with Gasteiger partial charge in [-0.05, 0) is 31.2 Å². The van der Waals surface area contributed by atoms with Crippen LogP contribution >= 0.6 is 11.3 Å². The molecule has 1 fully saturated rings. The Labute approximate surface area is 173 Å². The third-order valence-corrected chi connectivity index (χ3v) is 6.42. The zero-order chi connectivity index (χ0) is 20.4. The number of aryl methyl sites for hydroxylation is 1. The Hall–Kier alpha value is -2.74. The first-order chi connectivity index (χ1) is 14.0. The van der Waals surface area contributed by atoms with Crippen LogP contribution in [0.3, 0.4) is 0 Å². The van der Waals surface area contributed by atoms with Gasteiger partial charge >= 0.3 is 0 Å². The molecule has 1 aliphatic heterocycles. The summed E-state index contributed by atoms with van der Waals surface area (Å²) in [6.45, 7) is 6.08. The third kappa shape index (κ3) is 4.32. The largest absolute Gasteiger partial charge is 0.355 e. The topological polar surface area (TPSA) is 79.6 Å². The van der Waals surface area contributed by atoms with E-state index in [1.807, 2.05) is 25.1 Å². The van der Waals surface area contributed by atoms with Crippen molar-refractivity contribution in [3.63, 3.8) is 0 Å². The molecule has 1 amide bonds. The van der Waals surface area contributed by atoms with Crippen LogP contribution in [0.4, 0.5) is 5.13 Å². The van der Waals surface area contributed by atoms with Crippen molar-refractivity contribution in [2.45, 2.75) is 32.6 Å². The number of benzene rings is 1. The van der Waals surface area contributed by atoms with Crippen LogP contribution in [0.1, 0.15) is 36.9 Å². The van der Waals surface area contributed by atoms with Crippen LogP contribution in [-0.2, 0) is 4.79 Å². The predicted molar refractivity (Wildman–Crippen MR) is 115 cm³/mol. The number of amides is 1. The average molecular weight is 412 g/mol. The highest BCUT2D eigenvalue weighted by Crippen LogP contribution is 2.27. The second-order valence-electron chi connectivity index (χ2n) is 7.63. The molecule has 1 N–H and O–H groups in total. The van der Waals surface area contributed by atoms with Gasteiger partial charge in [-0.15, -0.1) is 5.10 Å². The summed E-state index contributed by atoms with van der Waals surface area (Å²) in [6.07, 6.45) is 1.56. The molecule has 29 heavy (non-hydrogen) atoms. The summed E-state index contributed by atoms with van der Waals surface area (Å²) in [7, 11) is 0. The van der Waals surface area contributed by atoms with Gasteiger partial charge in [0.25, 0.3) is 5.56 Å². The summed E-state index contributed by atoms with van der Waals surface area (Å²) < 4.78 is 1.36. The lowest BCUT2D eigenvalue weighted by atomic mass is 9.95. The molecule has 0 bridgehead atoms. The molecule has 7 nitrogen and oxygen atoms in total. The van der Waals surface area contributed by atoms with E-state index >= 15 is 0 Å². The molecule has 1 aromatic carbocycles. The van der Waals surface area contributed by atoms with E-state index in [2.05, 4.69) is 39.4 Å². The molecule has 8 heteroatoms. The molecule has 1 aliphatic rings. The molecule has 0 aliphatic carbocycles. The van der Waals surface area contributed by atoms with E-state index in [0.717, 1.165) is 31.1 Å². The molecule has 1 saturated heterocycles. The van der Waals surface area contributed by atoms with Crippen molar-refractivity contribution in [3.05, 3.63) is 58.0 Å². The van der Waals surface area contributed by atoms with Crippen LogP contribution < -0.4 is 15.8 Å². The van der Waals surface area contributed by atoms with Crippen molar-refractivity contribution >= 4 is 27.3 Å². The first kappa shape index (κ1) is 19.6. The van der Waals surface area contributed by atoms with Gasteiger partial charge in [0.2, 0.25) is 16.0 Å². The summed E-state index contributed by atoms with van der Waals surface area (Å²) in [5.41, 5.74) is 1.78. The molecule has 152 valence electrons. The third-order valence-electron chi connectivity index (χ3n) is 5.45. The van der Waals surface area contributed by atoms with Crippen molar-refractivity contribution in [2.24, 2.45) is 5.92 Å². The number of nitrogens with one attached hydrogen (secondary N) is 1. The molecule has 0 radical (unpaired) electrons. The Balaban J connectivity index is 1.33. The maximum atomic E-state index is 12.6. The van der Waals surface area contributed by atoms with Gasteiger partial charge in [-0.25, -0.2) is 4.98 Å². The number of rotatable bonds is 5. The lowest BCUT2D eigenvalue weighted by molar-refractivity contribution is -0.125. The molecule has 4 rings (SSSR count). The van der Waals surface area contributed by atoms with E-state index < -0.39 is 0 Å². The fourth-order valence-corrected chi connectivity index (χ4v) is 4.67. The molecular weight excluding hydrogens is 386 g/mol. The summed E-state index contributed by atoms with van der Waals surface area (Å²) >= 11 is 1.42. The smallest absolute Gasteiger partial charge is 0.275 e. The maximum Gasteiger partial charge on any atom is 0.275 e. The summed E-state index contributed by atoms with van der Waals surface area (Å²) in [5.74, 6) is 0.439. The number of carbonyl (C=O) groups excluding carboxylic acids is 1. The zero-order valence-electron chi connectivity index (χ0n) is 16.7. The van der Waals surface area contributed by atoms with Crippen LogP contribution in [0.2, 0.25) is 0 Å². The minimum atomic E-state index is -0.156. The van der Waals surface area contributed by atoms with E-state index in [9.17, 15) is 9.59 Å². The van der Waals surface area contributed by atoms with Crippen LogP contribution in [0.15, 0.2) is 41.2 Å². The first-order valence-electron chi connectivity index (χ1n) is 9.96. The molecular formula is C21H25N5O2S. The Morgan fingerprint density at radius 1 is 1.28 bits per heavy atom. The Bertz CT molecular complexity index is 1050. The number of piperidine rings is 1. The van der Waals surface area contributed by atoms with Gasteiger partial charge in [0.05, 0.1) is 0 Å². The van der Waals surface area contributed by atoms with Crippen LogP contribution in [0.5, 0.6) is 0 Å². The van der Waals surface area contributed by atoms with Crippen LogP contribution in [0, 0.1) is 12.8 Å². The van der Waals surface area contributed by atoms with E-state index in [1.165, 1.54) is 27.5 Å². The van der Waals surface area contributed by atoms with E-state index in [0.29, 0.717) is 17.2 Å². The fraction of sp³-hybridized carbons (Fsp3) is 0.429. The second-order valence-corrected chi connectivity index (χ2v) is 8.57. The predicted octanol–water partition coefficient (Wildman–Crippen LogP) is 2.60. The number of anilines is 1. The first-order valence-corrected chi connectivity index (χ1v) is 10.8. The number of carbonyl (C=O) groups is 1. The van der Waals surface area contributed by atoms with Gasteiger partial charge in [-0.3, -0.25) is 9.59 Å². The second kappa shape index (κ2) is 8.32. The minimum Gasteiger partial charge on any atom is -0.355 e. The summed E-state index contributed by atoms with van der Waals surface area (Å²) in [4.78, 5) is 31.8. The molecule has 3 aromatic rings. The van der Waals surface area contributed by atoms with Gasteiger partial charge < -0.3 is 10.2 Å². The van der Waals surface area contributed by atoms with E-state index in [1.54, 1.807) is 0 Å². The number of aromatic nitrogens is 3. The SMILES string of the molecule is Cc1cc(=O)n2nc(N3CCC(C(=O)NC[C@H](C)c4ccccc4)CC3)sc2n1. The number of fused-ring (bicyclic) bond motifs is 1. The lowest BCUT2D eigenvalue weighted by Gasteiger charge is -2.30. The highest BCUT2D eigenvalue weighted by molar-refractivity contribution is 7.20. The molecule has 1 atom stereocenters. The lowest BCUT2D eigenvalue weighted by Crippen LogP contribution is -2.41. The van der Waals surface area contributed by atoms with Gasteiger partial charge in [-0.1, -0.05) is 48.6 Å². The van der Waals surface area contributed by atoms with Crippen molar-refractivity contribution in [3.8, 4) is 0 Å². The molecule has 0 saturated carbocycles. The summed E-state index contributed by atoms with van der Waals surface area (Å²) in [6, 6.07) is 11.7. The highest BCUT2D eigenvalue weighted by Gasteiger charge is 2.27. The normalized spacial score (nSPS) is 16.1. The van der Waals surface area contributed by atoms with Crippen LogP contribution in [0.25, 0.3) is 4.96 Å². The summed E-state index contributed by atoms with van der Waals surface area (Å²) in [5, 5.41) is 8.33. The Morgan fingerprint density at radius 3 is 2.72 bits per heavy atom. The Morgan fingerprint density at radius 2 is 2.00 bits per heavy atom. The van der Waals surface area contributed by atoms with Gasteiger partial charge in [0, 0.05) is 37.3 Å². The maximum absolute atomic E-state index is 12.6. The van der Waals surface area contributed by atoms with E-state index in [-0.39, 0.29) is 23.3 Å². The fourth-order valence-electron chi connectivity index (χ4n) is 3.67. The average Bonchev–Trinajstić information content (AvgIpc) is 3.17. The van der Waals surface area contributed by atoms with E-state index in [4.69, 9.17) is 0 Å². The van der Waals surface area contributed by atoms with Gasteiger partial charge in [0.15, 0.2) is 0 Å².